The molecule has 0 aromatic heterocycles. The molecule has 1 unspecified atom stereocenters. The lowest BCUT2D eigenvalue weighted by Gasteiger charge is -2.24. The lowest BCUT2D eigenvalue weighted by atomic mass is 10.1. The average molecular weight is 300 g/mol. The fourth-order valence-corrected chi connectivity index (χ4v) is 2.16. The highest BCUT2D eigenvalue weighted by Crippen LogP contribution is 2.29. The van der Waals surface area contributed by atoms with Crippen LogP contribution in [0.25, 0.3) is 0 Å². The van der Waals surface area contributed by atoms with Gasteiger partial charge in [-0.3, -0.25) is 0 Å². The van der Waals surface area contributed by atoms with Crippen molar-refractivity contribution < 1.29 is 5.11 Å². The van der Waals surface area contributed by atoms with Crippen LogP contribution in [0.15, 0.2) is 22.7 Å². The Morgan fingerprint density at radius 3 is 2.47 bits per heavy atom. The summed E-state index contributed by atoms with van der Waals surface area (Å²) < 4.78 is 1.01. The van der Waals surface area contributed by atoms with Gasteiger partial charge in [-0.1, -0.05) is 29.8 Å². The zero-order valence-corrected chi connectivity index (χ0v) is 12.7. The Hall–Kier alpha value is -0.540. The molecule has 0 aliphatic rings. The minimum absolute atomic E-state index is 0.441. The molecular formula is C14H22BrNO. The number of aliphatic hydroxyl groups excluding tert-OH is 1. The van der Waals surface area contributed by atoms with E-state index >= 15 is 0 Å². The third kappa shape index (κ3) is 4.32. The number of halogens is 1. The zero-order chi connectivity index (χ0) is 13.0. The van der Waals surface area contributed by atoms with Crippen LogP contribution in [-0.2, 0) is 0 Å². The molecule has 0 fully saturated rings. The minimum atomic E-state index is -0.441. The van der Waals surface area contributed by atoms with Crippen LogP contribution in [0.2, 0.25) is 0 Å². The van der Waals surface area contributed by atoms with E-state index in [0.29, 0.717) is 5.92 Å². The van der Waals surface area contributed by atoms with Gasteiger partial charge in [-0.25, -0.2) is 0 Å². The monoisotopic (exact) mass is 299 g/mol. The van der Waals surface area contributed by atoms with Gasteiger partial charge in [-0.2, -0.15) is 0 Å². The maximum Gasteiger partial charge on any atom is 0.0782 e. The molecule has 0 heterocycles. The molecule has 17 heavy (non-hydrogen) atoms. The van der Waals surface area contributed by atoms with Crippen LogP contribution in [-0.4, -0.2) is 18.7 Å². The standard InChI is InChI=1S/C14H22BrNO/c1-10(2)7-8-16(4)14-6-5-12(15)9-13(14)11(3)17/h5-6,9-11,17H,7-8H2,1-4H3. The largest absolute Gasteiger partial charge is 0.389 e. The molecule has 0 amide bonds. The van der Waals surface area contributed by atoms with Gasteiger partial charge >= 0.3 is 0 Å². The van der Waals surface area contributed by atoms with Gasteiger partial charge in [0.15, 0.2) is 0 Å². The molecule has 3 heteroatoms. The second-order valence-corrected chi connectivity index (χ2v) is 5.90. The van der Waals surface area contributed by atoms with Crippen molar-refractivity contribution in [3.63, 3.8) is 0 Å². The summed E-state index contributed by atoms with van der Waals surface area (Å²) in [7, 11) is 2.08. The van der Waals surface area contributed by atoms with Crippen molar-refractivity contribution in [1.82, 2.24) is 0 Å². The highest BCUT2D eigenvalue weighted by molar-refractivity contribution is 9.10. The Labute approximate surface area is 113 Å². The molecule has 0 radical (unpaired) electrons. The van der Waals surface area contributed by atoms with Crippen LogP contribution < -0.4 is 4.90 Å². The lowest BCUT2D eigenvalue weighted by molar-refractivity contribution is 0.199. The van der Waals surface area contributed by atoms with Gasteiger partial charge in [0.25, 0.3) is 0 Å². The first-order valence-corrected chi connectivity index (χ1v) is 6.89. The van der Waals surface area contributed by atoms with Gasteiger partial charge in [0.2, 0.25) is 0 Å². The van der Waals surface area contributed by atoms with Gasteiger partial charge in [-0.05, 0) is 37.5 Å². The molecule has 1 N–H and O–H groups in total. The van der Waals surface area contributed by atoms with Gasteiger partial charge < -0.3 is 10.0 Å². The van der Waals surface area contributed by atoms with Crippen molar-refractivity contribution in [2.75, 3.05) is 18.5 Å². The Morgan fingerprint density at radius 1 is 1.29 bits per heavy atom. The first kappa shape index (κ1) is 14.5. The first-order chi connectivity index (χ1) is 7.91. The van der Waals surface area contributed by atoms with Crippen molar-refractivity contribution in [1.29, 1.82) is 0 Å². The van der Waals surface area contributed by atoms with Crippen LogP contribution >= 0.6 is 15.9 Å². The highest BCUT2D eigenvalue weighted by atomic mass is 79.9. The molecule has 0 aliphatic heterocycles. The fourth-order valence-electron chi connectivity index (χ4n) is 1.78. The second-order valence-electron chi connectivity index (χ2n) is 4.98. The predicted molar refractivity (Wildman–Crippen MR) is 77.5 cm³/mol. The molecule has 0 spiro atoms. The molecule has 1 rings (SSSR count). The summed E-state index contributed by atoms with van der Waals surface area (Å²) in [4.78, 5) is 2.22. The number of aliphatic hydroxyl groups is 1. The molecular weight excluding hydrogens is 278 g/mol. The van der Waals surface area contributed by atoms with E-state index in [1.165, 1.54) is 0 Å². The molecule has 0 saturated carbocycles. The summed E-state index contributed by atoms with van der Waals surface area (Å²) in [5.74, 6) is 0.697. The number of hydrogen-bond donors (Lipinski definition) is 1. The van der Waals surface area contributed by atoms with Gasteiger partial charge in [-0.15, -0.1) is 0 Å². The van der Waals surface area contributed by atoms with Crippen molar-refractivity contribution in [3.05, 3.63) is 28.2 Å². The van der Waals surface area contributed by atoms with Crippen molar-refractivity contribution in [2.45, 2.75) is 33.3 Å². The van der Waals surface area contributed by atoms with Crippen molar-refractivity contribution in [2.24, 2.45) is 5.92 Å². The Kier molecular flexibility index (Phi) is 5.47. The first-order valence-electron chi connectivity index (χ1n) is 6.10. The van der Waals surface area contributed by atoms with Crippen LogP contribution in [0.4, 0.5) is 5.69 Å². The SMILES string of the molecule is CC(C)CCN(C)c1ccc(Br)cc1C(C)O. The number of nitrogens with zero attached hydrogens (tertiary/aromatic N) is 1. The number of benzene rings is 1. The van der Waals surface area contributed by atoms with E-state index in [0.717, 1.165) is 28.7 Å². The minimum Gasteiger partial charge on any atom is -0.389 e. The average Bonchev–Trinajstić information content (AvgIpc) is 2.25. The van der Waals surface area contributed by atoms with E-state index < -0.39 is 6.10 Å². The van der Waals surface area contributed by atoms with E-state index in [2.05, 4.69) is 47.8 Å². The second kappa shape index (κ2) is 6.41. The maximum absolute atomic E-state index is 9.81. The smallest absolute Gasteiger partial charge is 0.0782 e. The summed E-state index contributed by atoms with van der Waals surface area (Å²) in [6, 6.07) is 6.07. The van der Waals surface area contributed by atoms with E-state index in [1.54, 1.807) is 0 Å². The number of anilines is 1. The van der Waals surface area contributed by atoms with Crippen molar-refractivity contribution >= 4 is 21.6 Å². The fraction of sp³-hybridized carbons (Fsp3) is 0.571. The summed E-state index contributed by atoms with van der Waals surface area (Å²) in [6.45, 7) is 7.27. The van der Waals surface area contributed by atoms with Crippen LogP contribution in [0.5, 0.6) is 0 Å². The van der Waals surface area contributed by atoms with E-state index in [9.17, 15) is 5.11 Å². The van der Waals surface area contributed by atoms with E-state index in [1.807, 2.05) is 19.1 Å². The molecule has 96 valence electrons. The Balaban J connectivity index is 2.88. The summed E-state index contributed by atoms with van der Waals surface area (Å²) in [5, 5.41) is 9.81. The summed E-state index contributed by atoms with van der Waals surface area (Å²) >= 11 is 3.45. The molecule has 1 atom stereocenters. The maximum atomic E-state index is 9.81. The topological polar surface area (TPSA) is 23.5 Å². The zero-order valence-electron chi connectivity index (χ0n) is 11.1. The van der Waals surface area contributed by atoms with Crippen LogP contribution in [0.3, 0.4) is 0 Å². The molecule has 2 nitrogen and oxygen atoms in total. The molecule has 1 aromatic carbocycles. The summed E-state index contributed by atoms with van der Waals surface area (Å²) in [6.07, 6.45) is 0.718. The Bertz CT molecular complexity index is 363. The quantitative estimate of drug-likeness (QED) is 0.889. The highest BCUT2D eigenvalue weighted by Gasteiger charge is 2.12. The van der Waals surface area contributed by atoms with Crippen LogP contribution in [0.1, 0.15) is 38.9 Å². The predicted octanol–water partition coefficient (Wildman–Crippen LogP) is 3.98. The van der Waals surface area contributed by atoms with E-state index in [-0.39, 0.29) is 0 Å². The van der Waals surface area contributed by atoms with Crippen LogP contribution in [0, 0.1) is 5.92 Å². The lowest BCUT2D eigenvalue weighted by Crippen LogP contribution is -2.21. The number of rotatable bonds is 5. The van der Waals surface area contributed by atoms with Crippen molar-refractivity contribution in [3.8, 4) is 0 Å². The summed E-state index contributed by atoms with van der Waals surface area (Å²) in [5.41, 5.74) is 2.09. The number of hydrogen-bond acceptors (Lipinski definition) is 2. The van der Waals surface area contributed by atoms with Gasteiger partial charge in [0, 0.05) is 29.3 Å². The third-order valence-corrected chi connectivity index (χ3v) is 3.39. The molecule has 0 aliphatic carbocycles. The van der Waals surface area contributed by atoms with Gasteiger partial charge in [0.05, 0.1) is 6.10 Å². The van der Waals surface area contributed by atoms with E-state index in [4.69, 9.17) is 0 Å². The van der Waals surface area contributed by atoms with Gasteiger partial charge in [0.1, 0.15) is 0 Å². The molecule has 1 aromatic rings. The molecule has 0 bridgehead atoms. The molecule has 0 saturated heterocycles. The Morgan fingerprint density at radius 2 is 1.94 bits per heavy atom. The normalized spacial score (nSPS) is 12.9. The third-order valence-electron chi connectivity index (χ3n) is 2.89.